The fourth-order valence-corrected chi connectivity index (χ4v) is 4.80. The average molecular weight is 504 g/mol. The van der Waals surface area contributed by atoms with Crippen LogP contribution in [-0.4, -0.2) is 56.8 Å². The fraction of sp³-hybridized carbons (Fsp3) is 0.650. The van der Waals surface area contributed by atoms with Gasteiger partial charge >= 0.3 is 0 Å². The highest BCUT2D eigenvalue weighted by Gasteiger charge is 2.23. The normalized spacial score (nSPS) is 22.4. The first-order valence-electron chi connectivity index (χ1n) is 9.81. The molecule has 2 saturated heterocycles. The van der Waals surface area contributed by atoms with Gasteiger partial charge in [-0.3, -0.25) is 4.99 Å². The maximum absolute atomic E-state index is 5.35. The van der Waals surface area contributed by atoms with Gasteiger partial charge in [-0.25, -0.2) is 0 Å². The lowest BCUT2D eigenvalue weighted by Crippen LogP contribution is -2.40. The van der Waals surface area contributed by atoms with Crippen LogP contribution in [0, 0.1) is 5.92 Å². The summed E-state index contributed by atoms with van der Waals surface area (Å²) in [6.07, 6.45) is 3.88. The monoisotopic (exact) mass is 504 g/mol. The van der Waals surface area contributed by atoms with E-state index in [2.05, 4.69) is 52.4 Å². The summed E-state index contributed by atoms with van der Waals surface area (Å²) >= 11 is 2.08. The molecule has 27 heavy (non-hydrogen) atoms. The second-order valence-corrected chi connectivity index (χ2v) is 8.45. The van der Waals surface area contributed by atoms with Gasteiger partial charge < -0.3 is 20.3 Å². The first kappa shape index (κ1) is 22.5. The fourth-order valence-electron chi connectivity index (χ4n) is 3.60. The van der Waals surface area contributed by atoms with E-state index in [9.17, 15) is 0 Å². The molecular formula is C20H33IN4OS. The number of nitrogens with zero attached hydrogens (tertiary/aromatic N) is 2. The molecule has 2 atom stereocenters. The molecule has 2 fully saturated rings. The number of anilines is 1. The van der Waals surface area contributed by atoms with Gasteiger partial charge in [0.05, 0.1) is 7.11 Å². The summed E-state index contributed by atoms with van der Waals surface area (Å²) in [6, 6.07) is 8.35. The van der Waals surface area contributed by atoms with Crippen LogP contribution in [0.4, 0.5) is 5.69 Å². The maximum atomic E-state index is 5.35. The molecule has 2 heterocycles. The predicted octanol–water partition coefficient (Wildman–Crippen LogP) is 3.59. The number of aliphatic imine (C=N–C) groups is 1. The molecule has 3 rings (SSSR count). The maximum Gasteiger partial charge on any atom is 0.191 e. The smallest absolute Gasteiger partial charge is 0.191 e. The Morgan fingerprint density at radius 1 is 1.33 bits per heavy atom. The highest BCUT2D eigenvalue weighted by atomic mass is 127. The van der Waals surface area contributed by atoms with Gasteiger partial charge in [0, 0.05) is 49.7 Å². The lowest BCUT2D eigenvalue weighted by Gasteiger charge is -2.19. The molecule has 1 aromatic carbocycles. The molecule has 2 aliphatic heterocycles. The molecular weight excluding hydrogens is 471 g/mol. The molecule has 0 radical (unpaired) electrons. The minimum absolute atomic E-state index is 0. The Kier molecular flexibility index (Phi) is 9.89. The Morgan fingerprint density at radius 3 is 2.96 bits per heavy atom. The highest BCUT2D eigenvalue weighted by molar-refractivity contribution is 14.0. The Labute approximate surface area is 185 Å². The summed E-state index contributed by atoms with van der Waals surface area (Å²) in [5.74, 6) is 3.81. The van der Waals surface area contributed by atoms with Crippen LogP contribution < -0.4 is 20.3 Å². The molecule has 0 saturated carbocycles. The summed E-state index contributed by atoms with van der Waals surface area (Å²) in [4.78, 5) is 7.29. The number of guanidine groups is 1. The van der Waals surface area contributed by atoms with Gasteiger partial charge in [-0.15, -0.1) is 24.0 Å². The number of rotatable bonds is 7. The Bertz CT molecular complexity index is 595. The molecule has 0 amide bonds. The predicted molar refractivity (Wildman–Crippen MR) is 128 cm³/mol. The van der Waals surface area contributed by atoms with E-state index in [0.717, 1.165) is 49.7 Å². The van der Waals surface area contributed by atoms with Crippen molar-refractivity contribution in [2.24, 2.45) is 10.9 Å². The summed E-state index contributed by atoms with van der Waals surface area (Å²) in [7, 11) is 1.72. The first-order valence-corrected chi connectivity index (χ1v) is 10.9. The Hall–Kier alpha value is -0.830. The number of ether oxygens (including phenoxy) is 1. The minimum atomic E-state index is 0. The van der Waals surface area contributed by atoms with Gasteiger partial charge in [0.2, 0.25) is 0 Å². The van der Waals surface area contributed by atoms with Crippen molar-refractivity contribution < 1.29 is 4.74 Å². The zero-order valence-electron chi connectivity index (χ0n) is 16.4. The summed E-state index contributed by atoms with van der Waals surface area (Å²) in [6.45, 7) is 7.10. The lowest BCUT2D eigenvalue weighted by molar-refractivity contribution is 0.415. The van der Waals surface area contributed by atoms with Crippen molar-refractivity contribution in [2.45, 2.75) is 31.4 Å². The van der Waals surface area contributed by atoms with Crippen molar-refractivity contribution in [3.8, 4) is 5.75 Å². The third kappa shape index (κ3) is 6.93. The third-order valence-corrected chi connectivity index (χ3v) is 6.48. The molecule has 0 aliphatic carbocycles. The molecule has 2 N–H and O–H groups in total. The second kappa shape index (κ2) is 11.9. The van der Waals surface area contributed by atoms with E-state index in [0.29, 0.717) is 5.92 Å². The zero-order chi connectivity index (χ0) is 18.2. The van der Waals surface area contributed by atoms with E-state index in [-0.39, 0.29) is 24.0 Å². The van der Waals surface area contributed by atoms with Crippen LogP contribution in [0.1, 0.15) is 26.2 Å². The van der Waals surface area contributed by atoms with E-state index in [1.807, 2.05) is 6.07 Å². The molecule has 7 heteroatoms. The van der Waals surface area contributed by atoms with Crippen molar-refractivity contribution in [3.05, 3.63) is 24.3 Å². The average Bonchev–Trinajstić information content (AvgIpc) is 3.36. The SMILES string of the molecule is CCNC(=NCC1CCN(c2cccc(OC)c2)C1)NCC1CCCS1.I. The van der Waals surface area contributed by atoms with E-state index in [1.54, 1.807) is 7.11 Å². The molecule has 152 valence electrons. The summed E-state index contributed by atoms with van der Waals surface area (Å²) in [5, 5.41) is 7.66. The zero-order valence-corrected chi connectivity index (χ0v) is 19.6. The molecule has 0 aromatic heterocycles. The largest absolute Gasteiger partial charge is 0.497 e. The number of thioether (sulfide) groups is 1. The van der Waals surface area contributed by atoms with Crippen LogP contribution >= 0.6 is 35.7 Å². The van der Waals surface area contributed by atoms with Crippen molar-refractivity contribution in [1.82, 2.24) is 10.6 Å². The standard InChI is InChI=1S/C20H32N4OS.HI/c1-3-21-20(23-14-19-8-5-11-26-19)22-13-16-9-10-24(15-16)17-6-4-7-18(12-17)25-2;/h4,6-7,12,16,19H,3,5,8-11,13-15H2,1-2H3,(H2,21,22,23);1H. The quantitative estimate of drug-likeness (QED) is 0.338. The molecule has 2 aliphatic rings. The molecule has 1 aromatic rings. The van der Waals surface area contributed by atoms with E-state index < -0.39 is 0 Å². The van der Waals surface area contributed by atoms with Crippen molar-refractivity contribution in [3.63, 3.8) is 0 Å². The number of nitrogens with one attached hydrogen (secondary N) is 2. The van der Waals surface area contributed by atoms with E-state index in [4.69, 9.17) is 9.73 Å². The molecule has 0 bridgehead atoms. The van der Waals surface area contributed by atoms with Gasteiger partial charge in [0.15, 0.2) is 5.96 Å². The van der Waals surface area contributed by atoms with Gasteiger partial charge in [0.1, 0.15) is 5.75 Å². The minimum Gasteiger partial charge on any atom is -0.497 e. The van der Waals surface area contributed by atoms with Gasteiger partial charge in [-0.1, -0.05) is 6.07 Å². The van der Waals surface area contributed by atoms with Crippen LogP contribution in [0.25, 0.3) is 0 Å². The Morgan fingerprint density at radius 2 is 2.22 bits per heavy atom. The molecule has 2 unspecified atom stereocenters. The third-order valence-electron chi connectivity index (χ3n) is 5.08. The van der Waals surface area contributed by atoms with Crippen molar-refractivity contribution >= 4 is 47.4 Å². The summed E-state index contributed by atoms with van der Waals surface area (Å²) < 4.78 is 5.35. The molecule has 0 spiro atoms. The van der Waals surface area contributed by atoms with Crippen LogP contribution in [-0.2, 0) is 0 Å². The highest BCUT2D eigenvalue weighted by Crippen LogP contribution is 2.27. The number of methoxy groups -OCH3 is 1. The summed E-state index contributed by atoms with van der Waals surface area (Å²) in [5.41, 5.74) is 1.25. The lowest BCUT2D eigenvalue weighted by atomic mass is 10.1. The van der Waals surface area contributed by atoms with Crippen LogP contribution in [0.2, 0.25) is 0 Å². The number of benzene rings is 1. The van der Waals surface area contributed by atoms with E-state index >= 15 is 0 Å². The van der Waals surface area contributed by atoms with Gasteiger partial charge in [-0.05, 0) is 50.0 Å². The number of hydrogen-bond donors (Lipinski definition) is 2. The van der Waals surface area contributed by atoms with Gasteiger partial charge in [0.25, 0.3) is 0 Å². The topological polar surface area (TPSA) is 48.9 Å². The number of hydrogen-bond acceptors (Lipinski definition) is 4. The van der Waals surface area contributed by atoms with Gasteiger partial charge in [-0.2, -0.15) is 11.8 Å². The van der Waals surface area contributed by atoms with Crippen molar-refractivity contribution in [2.75, 3.05) is 50.5 Å². The first-order chi connectivity index (χ1) is 12.8. The van der Waals surface area contributed by atoms with Crippen LogP contribution in [0.3, 0.4) is 0 Å². The Balaban J connectivity index is 0.00000261. The van der Waals surface area contributed by atoms with Crippen LogP contribution in [0.15, 0.2) is 29.3 Å². The second-order valence-electron chi connectivity index (χ2n) is 7.04. The number of halogens is 1. The van der Waals surface area contributed by atoms with E-state index in [1.165, 1.54) is 30.7 Å². The van der Waals surface area contributed by atoms with Crippen LogP contribution in [0.5, 0.6) is 5.75 Å². The molecule has 5 nitrogen and oxygen atoms in total. The van der Waals surface area contributed by atoms with Crippen molar-refractivity contribution in [1.29, 1.82) is 0 Å².